The van der Waals surface area contributed by atoms with Gasteiger partial charge in [-0.25, -0.2) is 4.79 Å². The number of carbonyl (C=O) groups is 2. The molecule has 0 unspecified atom stereocenters. The van der Waals surface area contributed by atoms with Crippen molar-refractivity contribution in [1.82, 2.24) is 0 Å². The number of nitriles is 1. The quantitative estimate of drug-likeness (QED) is 0.331. The lowest BCUT2D eigenvalue weighted by molar-refractivity contribution is -0.139. The van der Waals surface area contributed by atoms with Crippen LogP contribution < -0.4 is 14.8 Å². The Hall–Kier alpha value is -3.06. The minimum absolute atomic E-state index is 0.0821. The van der Waals surface area contributed by atoms with Crippen LogP contribution in [0.25, 0.3) is 6.08 Å². The molecule has 0 saturated heterocycles. The zero-order valence-electron chi connectivity index (χ0n) is 14.9. The molecule has 0 bridgehead atoms. The number of amides is 1. The molecule has 144 valence electrons. The number of halogens is 1. The van der Waals surface area contributed by atoms with Gasteiger partial charge in [0.25, 0.3) is 5.91 Å². The Morgan fingerprint density at radius 3 is 2.57 bits per heavy atom. The average molecular weight is 492 g/mol. The topological polar surface area (TPSA) is 109 Å². The van der Waals surface area contributed by atoms with Gasteiger partial charge in [0.2, 0.25) is 0 Å². The first-order valence-electron chi connectivity index (χ1n) is 8.23. The van der Waals surface area contributed by atoms with Crippen LogP contribution in [-0.4, -0.2) is 30.2 Å². The molecule has 2 N–H and O–H groups in total. The van der Waals surface area contributed by atoms with Crippen LogP contribution >= 0.6 is 22.6 Å². The molecule has 0 heterocycles. The van der Waals surface area contributed by atoms with Gasteiger partial charge >= 0.3 is 5.97 Å². The van der Waals surface area contributed by atoms with Crippen molar-refractivity contribution in [2.75, 3.05) is 18.5 Å². The number of anilines is 1. The van der Waals surface area contributed by atoms with Gasteiger partial charge in [-0.1, -0.05) is 18.2 Å². The SMILES string of the molecule is CCOc1cc(/C=C(\C#N)C(=O)Nc2ccccc2)cc(I)c1OCC(=O)O. The number of nitrogens with one attached hydrogen (secondary N) is 1. The smallest absolute Gasteiger partial charge is 0.341 e. The van der Waals surface area contributed by atoms with E-state index in [9.17, 15) is 14.9 Å². The second kappa shape index (κ2) is 10.3. The van der Waals surface area contributed by atoms with Gasteiger partial charge in [0.05, 0.1) is 10.2 Å². The van der Waals surface area contributed by atoms with Gasteiger partial charge < -0.3 is 19.9 Å². The molecule has 0 aromatic heterocycles. The Kier molecular flexibility index (Phi) is 7.83. The third kappa shape index (κ3) is 5.99. The highest BCUT2D eigenvalue weighted by molar-refractivity contribution is 14.1. The van der Waals surface area contributed by atoms with Gasteiger partial charge in [-0.3, -0.25) is 4.79 Å². The standard InChI is InChI=1S/C20H17IN2O5/c1-2-27-17-10-13(9-16(21)19(17)28-12-18(24)25)8-14(11-22)20(26)23-15-6-4-3-5-7-15/h3-10H,2,12H2,1H3,(H,23,26)(H,24,25)/b14-8+. The molecule has 0 aliphatic carbocycles. The van der Waals surface area contributed by atoms with E-state index >= 15 is 0 Å². The molecule has 8 heteroatoms. The van der Waals surface area contributed by atoms with E-state index < -0.39 is 18.5 Å². The number of hydrogen-bond donors (Lipinski definition) is 2. The lowest BCUT2D eigenvalue weighted by atomic mass is 10.1. The summed E-state index contributed by atoms with van der Waals surface area (Å²) in [4.78, 5) is 23.1. The molecule has 0 aliphatic rings. The summed E-state index contributed by atoms with van der Waals surface area (Å²) in [6.07, 6.45) is 1.43. The van der Waals surface area contributed by atoms with E-state index in [2.05, 4.69) is 5.32 Å². The fourth-order valence-corrected chi connectivity index (χ4v) is 3.02. The summed E-state index contributed by atoms with van der Waals surface area (Å²) in [5, 5.41) is 20.9. The summed E-state index contributed by atoms with van der Waals surface area (Å²) in [6, 6.07) is 14.0. The van der Waals surface area contributed by atoms with Crippen molar-refractivity contribution in [1.29, 1.82) is 5.26 Å². The number of carboxylic acid groups (broad SMARTS) is 1. The zero-order chi connectivity index (χ0) is 20.5. The van der Waals surface area contributed by atoms with Crippen molar-refractivity contribution in [3.63, 3.8) is 0 Å². The van der Waals surface area contributed by atoms with Crippen molar-refractivity contribution in [2.45, 2.75) is 6.92 Å². The molecule has 0 atom stereocenters. The molecule has 0 radical (unpaired) electrons. The lowest BCUT2D eigenvalue weighted by Gasteiger charge is -2.13. The monoisotopic (exact) mass is 492 g/mol. The van der Waals surface area contributed by atoms with Crippen molar-refractivity contribution >= 4 is 46.2 Å². The summed E-state index contributed by atoms with van der Waals surface area (Å²) < 4.78 is 11.4. The number of carbonyl (C=O) groups excluding carboxylic acids is 1. The second-order valence-electron chi connectivity index (χ2n) is 5.44. The maximum atomic E-state index is 12.4. The van der Waals surface area contributed by atoms with E-state index in [4.69, 9.17) is 14.6 Å². The van der Waals surface area contributed by atoms with E-state index in [0.29, 0.717) is 32.9 Å². The molecule has 0 spiro atoms. The third-order valence-electron chi connectivity index (χ3n) is 3.38. The van der Waals surface area contributed by atoms with Crippen LogP contribution in [0.1, 0.15) is 12.5 Å². The largest absolute Gasteiger partial charge is 0.490 e. The molecule has 0 aliphatic heterocycles. The number of rotatable bonds is 8. The number of para-hydroxylation sites is 1. The van der Waals surface area contributed by atoms with Crippen molar-refractivity contribution in [3.8, 4) is 17.6 Å². The highest BCUT2D eigenvalue weighted by Gasteiger charge is 2.15. The maximum absolute atomic E-state index is 12.4. The first-order chi connectivity index (χ1) is 13.4. The molecule has 2 rings (SSSR count). The number of benzene rings is 2. The maximum Gasteiger partial charge on any atom is 0.341 e. The Morgan fingerprint density at radius 2 is 1.96 bits per heavy atom. The van der Waals surface area contributed by atoms with E-state index in [1.165, 1.54) is 6.08 Å². The summed E-state index contributed by atoms with van der Waals surface area (Å²) in [7, 11) is 0. The van der Waals surface area contributed by atoms with Gasteiger partial charge in [-0.2, -0.15) is 5.26 Å². The summed E-state index contributed by atoms with van der Waals surface area (Å²) in [6.45, 7) is 1.62. The molecular formula is C20H17IN2O5. The van der Waals surface area contributed by atoms with E-state index in [1.807, 2.05) is 34.7 Å². The third-order valence-corrected chi connectivity index (χ3v) is 4.18. The minimum atomic E-state index is -1.11. The van der Waals surface area contributed by atoms with E-state index in [0.717, 1.165) is 0 Å². The second-order valence-corrected chi connectivity index (χ2v) is 6.60. The van der Waals surface area contributed by atoms with Gasteiger partial charge in [0.1, 0.15) is 11.6 Å². The molecule has 1 amide bonds. The van der Waals surface area contributed by atoms with Crippen LogP contribution in [-0.2, 0) is 9.59 Å². The molecule has 7 nitrogen and oxygen atoms in total. The van der Waals surface area contributed by atoms with Crippen molar-refractivity contribution < 1.29 is 24.2 Å². The van der Waals surface area contributed by atoms with Crippen molar-refractivity contribution in [3.05, 3.63) is 57.2 Å². The number of aliphatic carboxylic acids is 1. The van der Waals surface area contributed by atoms with Crippen molar-refractivity contribution in [2.24, 2.45) is 0 Å². The first kappa shape index (κ1) is 21.2. The Bertz CT molecular complexity index is 936. The molecule has 0 fully saturated rings. The predicted octanol–water partition coefficient (Wildman–Crippen LogP) is 3.70. The molecule has 2 aromatic carbocycles. The fraction of sp³-hybridized carbons (Fsp3) is 0.150. The van der Waals surface area contributed by atoms with Crippen LogP contribution in [0.4, 0.5) is 5.69 Å². The first-order valence-corrected chi connectivity index (χ1v) is 9.31. The molecule has 28 heavy (non-hydrogen) atoms. The van der Waals surface area contributed by atoms with E-state index in [-0.39, 0.29) is 5.57 Å². The Balaban J connectivity index is 2.32. The fourth-order valence-electron chi connectivity index (χ4n) is 2.24. The number of nitrogens with zero attached hydrogens (tertiary/aromatic N) is 1. The van der Waals surface area contributed by atoms with Gasteiger partial charge in [-0.05, 0) is 65.4 Å². The summed E-state index contributed by atoms with van der Waals surface area (Å²) in [5.74, 6) is -1.00. The van der Waals surface area contributed by atoms with Crippen LogP contribution in [0.2, 0.25) is 0 Å². The molecular weight excluding hydrogens is 475 g/mol. The highest BCUT2D eigenvalue weighted by Crippen LogP contribution is 2.35. The van der Waals surface area contributed by atoms with Gasteiger partial charge in [-0.15, -0.1) is 0 Å². The van der Waals surface area contributed by atoms with E-state index in [1.54, 1.807) is 43.3 Å². The predicted molar refractivity (Wildman–Crippen MR) is 112 cm³/mol. The van der Waals surface area contributed by atoms with Crippen LogP contribution in [0.15, 0.2) is 48.0 Å². The minimum Gasteiger partial charge on any atom is -0.490 e. The van der Waals surface area contributed by atoms with Crippen LogP contribution in [0, 0.1) is 14.9 Å². The lowest BCUT2D eigenvalue weighted by Crippen LogP contribution is -2.13. The Morgan fingerprint density at radius 1 is 1.25 bits per heavy atom. The number of hydrogen-bond acceptors (Lipinski definition) is 5. The summed E-state index contributed by atoms with van der Waals surface area (Å²) in [5.41, 5.74) is 1.05. The molecule has 2 aromatic rings. The van der Waals surface area contributed by atoms with Crippen LogP contribution in [0.5, 0.6) is 11.5 Å². The van der Waals surface area contributed by atoms with Gasteiger partial charge in [0.15, 0.2) is 18.1 Å². The molecule has 0 saturated carbocycles. The van der Waals surface area contributed by atoms with Crippen LogP contribution in [0.3, 0.4) is 0 Å². The highest BCUT2D eigenvalue weighted by atomic mass is 127. The Labute approximate surface area is 175 Å². The van der Waals surface area contributed by atoms with Gasteiger partial charge in [0, 0.05) is 5.69 Å². The number of carboxylic acids is 1. The summed E-state index contributed by atoms with van der Waals surface area (Å²) >= 11 is 1.98. The number of ether oxygens (including phenoxy) is 2. The zero-order valence-corrected chi connectivity index (χ0v) is 17.1. The average Bonchev–Trinajstić information content (AvgIpc) is 2.66. The normalized spacial score (nSPS) is 10.7.